The van der Waals surface area contributed by atoms with E-state index in [1.807, 2.05) is 0 Å². The summed E-state index contributed by atoms with van der Waals surface area (Å²) in [7, 11) is 0. The van der Waals surface area contributed by atoms with Crippen molar-refractivity contribution in [3.63, 3.8) is 0 Å². The molecule has 24 heavy (non-hydrogen) atoms. The van der Waals surface area contributed by atoms with Gasteiger partial charge in [-0.1, -0.05) is 6.58 Å². The number of fused-ring (bicyclic) bond motifs is 10. The van der Waals surface area contributed by atoms with Crippen LogP contribution in [0.25, 0.3) is 0 Å². The van der Waals surface area contributed by atoms with Crippen LogP contribution < -0.4 is 0 Å². The van der Waals surface area contributed by atoms with E-state index < -0.39 is 0 Å². The molecule has 5 rings (SSSR count). The highest BCUT2D eigenvalue weighted by Crippen LogP contribution is 2.71. The molecule has 0 N–H and O–H groups in total. The summed E-state index contributed by atoms with van der Waals surface area (Å²) < 4.78 is 11.7. The van der Waals surface area contributed by atoms with Crippen molar-refractivity contribution in [1.29, 1.82) is 0 Å². The summed E-state index contributed by atoms with van der Waals surface area (Å²) in [6, 6.07) is 0. The highest BCUT2D eigenvalue weighted by Gasteiger charge is 2.69. The molecule has 4 saturated carbocycles. The molecule has 4 nitrogen and oxygen atoms in total. The number of carbonyl (C=O) groups excluding carboxylic acids is 2. The monoisotopic (exact) mass is 330 g/mol. The van der Waals surface area contributed by atoms with Crippen LogP contribution >= 0.6 is 0 Å². The molecule has 130 valence electrons. The largest absolute Gasteiger partial charge is 0.459 e. The molecule has 4 heteroatoms. The Morgan fingerprint density at radius 3 is 2.58 bits per heavy atom. The van der Waals surface area contributed by atoms with Gasteiger partial charge in [0.25, 0.3) is 0 Å². The lowest BCUT2D eigenvalue weighted by Gasteiger charge is -2.41. The van der Waals surface area contributed by atoms with Gasteiger partial charge < -0.3 is 9.47 Å². The van der Waals surface area contributed by atoms with Gasteiger partial charge in [-0.15, -0.1) is 0 Å². The molecule has 0 aromatic carbocycles. The normalized spacial score (nSPS) is 54.0. The average Bonchev–Trinajstić information content (AvgIpc) is 3.23. The van der Waals surface area contributed by atoms with Gasteiger partial charge in [0.05, 0.1) is 0 Å². The van der Waals surface area contributed by atoms with Crippen LogP contribution in [0.1, 0.15) is 51.9 Å². The third-order valence-electron chi connectivity index (χ3n) is 7.96. The Labute approximate surface area is 143 Å². The summed E-state index contributed by atoms with van der Waals surface area (Å²) in [5, 5.41) is 0. The maximum atomic E-state index is 11.8. The Hall–Kier alpha value is -1.32. The van der Waals surface area contributed by atoms with Crippen molar-refractivity contribution in [2.45, 2.75) is 63.1 Å². The van der Waals surface area contributed by atoms with Gasteiger partial charge in [0.2, 0.25) is 0 Å². The van der Waals surface area contributed by atoms with E-state index in [2.05, 4.69) is 13.5 Å². The fraction of sp³-hybridized carbons (Fsp3) is 0.800. The molecular formula is C20H26O4. The molecule has 0 radical (unpaired) electrons. The van der Waals surface area contributed by atoms with Crippen LogP contribution in [0.3, 0.4) is 0 Å². The first-order valence-electron chi connectivity index (χ1n) is 9.50. The lowest BCUT2D eigenvalue weighted by Crippen LogP contribution is -2.43. The Balaban J connectivity index is 1.42. The second kappa shape index (κ2) is 4.64. The molecular weight excluding hydrogens is 304 g/mol. The molecule has 8 unspecified atom stereocenters. The summed E-state index contributed by atoms with van der Waals surface area (Å²) in [6.07, 6.45) is 8.35. The number of esters is 2. The van der Waals surface area contributed by atoms with E-state index >= 15 is 0 Å². The zero-order chi connectivity index (χ0) is 16.7. The number of hydrogen-bond donors (Lipinski definition) is 0. The molecule has 1 spiro atoms. The maximum Gasteiger partial charge on any atom is 0.330 e. The molecule has 0 aromatic heterocycles. The summed E-state index contributed by atoms with van der Waals surface area (Å²) >= 11 is 0. The first kappa shape index (κ1) is 15.0. The van der Waals surface area contributed by atoms with E-state index in [0.29, 0.717) is 36.0 Å². The van der Waals surface area contributed by atoms with Gasteiger partial charge >= 0.3 is 11.9 Å². The zero-order valence-electron chi connectivity index (χ0n) is 14.3. The smallest absolute Gasteiger partial charge is 0.330 e. The minimum atomic E-state index is -0.345. The van der Waals surface area contributed by atoms with E-state index in [-0.39, 0.29) is 23.1 Å². The fourth-order valence-corrected chi connectivity index (χ4v) is 7.69. The fourth-order valence-electron chi connectivity index (χ4n) is 7.69. The van der Waals surface area contributed by atoms with Gasteiger partial charge in [-0.3, -0.25) is 4.79 Å². The third kappa shape index (κ3) is 1.86. The van der Waals surface area contributed by atoms with Gasteiger partial charge in [0.1, 0.15) is 11.2 Å². The maximum absolute atomic E-state index is 11.8. The van der Waals surface area contributed by atoms with Crippen molar-refractivity contribution in [3.8, 4) is 0 Å². The van der Waals surface area contributed by atoms with Crippen LogP contribution in [-0.4, -0.2) is 23.1 Å². The van der Waals surface area contributed by atoms with E-state index in [1.165, 1.54) is 18.9 Å². The van der Waals surface area contributed by atoms with E-state index in [0.717, 1.165) is 31.6 Å². The molecule has 4 aliphatic carbocycles. The first-order valence-corrected chi connectivity index (χ1v) is 9.50. The molecule has 8 atom stereocenters. The molecule has 1 saturated heterocycles. The molecule has 5 aliphatic rings. The Bertz CT molecular complexity index is 627. The third-order valence-corrected chi connectivity index (χ3v) is 7.96. The van der Waals surface area contributed by atoms with Crippen LogP contribution in [0.2, 0.25) is 0 Å². The molecule has 1 aliphatic heterocycles. The minimum Gasteiger partial charge on any atom is -0.459 e. The second-order valence-electron chi connectivity index (χ2n) is 9.24. The predicted molar refractivity (Wildman–Crippen MR) is 86.8 cm³/mol. The van der Waals surface area contributed by atoms with E-state index in [9.17, 15) is 9.59 Å². The number of hydrogen-bond acceptors (Lipinski definition) is 4. The number of carbonyl (C=O) groups is 2. The molecule has 0 amide bonds. The molecule has 1 heterocycles. The standard InChI is InChI=1S/C20H26O4/c1-3-15(21)23-19(2)8-11-6-12(9-19)18-14-7-13(17(11)18)10-20(14)5-4-16(22)24-20/h3,11-14,17-18H,1,4-10H2,2H3. The quantitative estimate of drug-likeness (QED) is 0.443. The zero-order valence-corrected chi connectivity index (χ0v) is 14.3. The van der Waals surface area contributed by atoms with Crippen molar-refractivity contribution >= 4 is 11.9 Å². The summed E-state index contributed by atoms with van der Waals surface area (Å²) in [5.74, 6) is 3.67. The lowest BCUT2D eigenvalue weighted by atomic mass is 9.68. The lowest BCUT2D eigenvalue weighted by molar-refractivity contribution is -0.159. The van der Waals surface area contributed by atoms with Gasteiger partial charge in [0.15, 0.2) is 0 Å². The molecule has 5 fully saturated rings. The first-order chi connectivity index (χ1) is 11.4. The van der Waals surface area contributed by atoms with Gasteiger partial charge in [-0.05, 0) is 75.0 Å². The predicted octanol–water partition coefficient (Wildman–Crippen LogP) is 3.25. The summed E-state index contributed by atoms with van der Waals surface area (Å²) in [4.78, 5) is 23.5. The summed E-state index contributed by atoms with van der Waals surface area (Å²) in [6.45, 7) is 5.63. The Kier molecular flexibility index (Phi) is 2.90. The summed E-state index contributed by atoms with van der Waals surface area (Å²) in [5.41, 5.74) is -0.489. The van der Waals surface area contributed by atoms with E-state index in [4.69, 9.17) is 9.47 Å². The van der Waals surface area contributed by atoms with Crippen molar-refractivity contribution in [1.82, 2.24) is 0 Å². The highest BCUT2D eigenvalue weighted by molar-refractivity contribution is 5.81. The van der Waals surface area contributed by atoms with E-state index in [1.54, 1.807) is 0 Å². The molecule has 0 aromatic rings. The number of ether oxygens (including phenoxy) is 2. The van der Waals surface area contributed by atoms with Gasteiger partial charge in [0, 0.05) is 18.4 Å². The van der Waals surface area contributed by atoms with Crippen LogP contribution in [0.4, 0.5) is 0 Å². The van der Waals surface area contributed by atoms with Crippen molar-refractivity contribution in [2.75, 3.05) is 0 Å². The van der Waals surface area contributed by atoms with Crippen molar-refractivity contribution in [2.24, 2.45) is 35.5 Å². The second-order valence-corrected chi connectivity index (χ2v) is 9.24. The van der Waals surface area contributed by atoms with Crippen LogP contribution in [0, 0.1) is 35.5 Å². The Morgan fingerprint density at radius 1 is 1.21 bits per heavy atom. The minimum absolute atomic E-state index is 0.00446. The van der Waals surface area contributed by atoms with Gasteiger partial charge in [-0.2, -0.15) is 0 Å². The van der Waals surface area contributed by atoms with Gasteiger partial charge in [-0.25, -0.2) is 4.79 Å². The topological polar surface area (TPSA) is 52.6 Å². The van der Waals surface area contributed by atoms with Crippen molar-refractivity contribution in [3.05, 3.63) is 12.7 Å². The highest BCUT2D eigenvalue weighted by atomic mass is 16.6. The number of rotatable bonds is 2. The SMILES string of the molecule is C=CC(=O)OC1(C)CC2CC(C1)C1C2C2CC1C1(CCC(=O)O1)C2. The molecule has 4 bridgehead atoms. The Morgan fingerprint density at radius 2 is 1.92 bits per heavy atom. The van der Waals surface area contributed by atoms with Crippen LogP contribution in [-0.2, 0) is 19.1 Å². The average molecular weight is 330 g/mol. The van der Waals surface area contributed by atoms with Crippen molar-refractivity contribution < 1.29 is 19.1 Å². The van der Waals surface area contributed by atoms with Crippen LogP contribution in [0.5, 0.6) is 0 Å². The van der Waals surface area contributed by atoms with Crippen LogP contribution in [0.15, 0.2) is 12.7 Å².